The van der Waals surface area contributed by atoms with E-state index in [0.29, 0.717) is 11.3 Å². The highest BCUT2D eigenvalue weighted by Gasteiger charge is 2.26. The molecule has 166 valence electrons. The van der Waals surface area contributed by atoms with Crippen LogP contribution < -0.4 is 4.74 Å². The van der Waals surface area contributed by atoms with E-state index in [4.69, 9.17) is 9.47 Å². The molecule has 0 aliphatic carbocycles. The molecule has 0 N–H and O–H groups in total. The fraction of sp³-hybridized carbons (Fsp3) is 0.296. The van der Waals surface area contributed by atoms with Crippen LogP contribution in [-0.2, 0) is 11.3 Å². The maximum atomic E-state index is 12.1. The topological polar surface area (TPSA) is 42.0 Å². The number of hydrogen-bond donors (Lipinski definition) is 0. The van der Waals surface area contributed by atoms with Crippen LogP contribution in [0.25, 0.3) is 0 Å². The van der Waals surface area contributed by atoms with Crippen molar-refractivity contribution >= 4 is 5.97 Å². The van der Waals surface area contributed by atoms with Crippen molar-refractivity contribution in [2.24, 2.45) is 0 Å². The van der Waals surface area contributed by atoms with Crippen LogP contribution in [0.1, 0.15) is 33.1 Å². The molecule has 0 amide bonds. The number of nitrogens with zero attached hydrogens (tertiary/aromatic N) is 2. The van der Waals surface area contributed by atoms with E-state index in [1.807, 2.05) is 18.2 Å². The molecular formula is C27H30N2O3. The summed E-state index contributed by atoms with van der Waals surface area (Å²) in [5.41, 5.74) is 4.21. The summed E-state index contributed by atoms with van der Waals surface area (Å²) in [4.78, 5) is 17.1. The maximum absolute atomic E-state index is 12.1. The van der Waals surface area contributed by atoms with E-state index < -0.39 is 0 Å². The molecule has 3 aromatic rings. The van der Waals surface area contributed by atoms with Crippen LogP contribution >= 0.6 is 0 Å². The Labute approximate surface area is 190 Å². The van der Waals surface area contributed by atoms with Crippen molar-refractivity contribution in [2.45, 2.75) is 12.6 Å². The fourth-order valence-electron chi connectivity index (χ4n) is 4.45. The van der Waals surface area contributed by atoms with Crippen LogP contribution in [0.2, 0.25) is 0 Å². The molecule has 5 nitrogen and oxygen atoms in total. The number of rotatable bonds is 7. The zero-order chi connectivity index (χ0) is 22.3. The van der Waals surface area contributed by atoms with Crippen LogP contribution in [0.5, 0.6) is 5.75 Å². The van der Waals surface area contributed by atoms with E-state index in [9.17, 15) is 4.79 Å². The lowest BCUT2D eigenvalue weighted by Gasteiger charge is -2.40. The van der Waals surface area contributed by atoms with E-state index in [0.717, 1.165) is 38.3 Å². The summed E-state index contributed by atoms with van der Waals surface area (Å²) >= 11 is 0. The van der Waals surface area contributed by atoms with Gasteiger partial charge < -0.3 is 9.47 Å². The number of methoxy groups -OCH3 is 2. The molecule has 0 saturated carbocycles. The van der Waals surface area contributed by atoms with Crippen LogP contribution in [0.3, 0.4) is 0 Å². The second-order valence-electron chi connectivity index (χ2n) is 8.06. The largest absolute Gasteiger partial charge is 0.496 e. The van der Waals surface area contributed by atoms with Crippen molar-refractivity contribution in [2.75, 3.05) is 40.4 Å². The third-order valence-corrected chi connectivity index (χ3v) is 6.08. The first-order valence-electron chi connectivity index (χ1n) is 11.0. The van der Waals surface area contributed by atoms with Gasteiger partial charge >= 0.3 is 5.97 Å². The average molecular weight is 431 g/mol. The molecule has 1 saturated heterocycles. The highest BCUT2D eigenvalue weighted by atomic mass is 16.5. The Balaban J connectivity index is 1.46. The average Bonchev–Trinajstić information content (AvgIpc) is 2.86. The predicted octanol–water partition coefficient (Wildman–Crippen LogP) is 4.39. The van der Waals surface area contributed by atoms with Crippen molar-refractivity contribution < 1.29 is 14.3 Å². The highest BCUT2D eigenvalue weighted by Crippen LogP contribution is 2.30. The Hall–Kier alpha value is -3.15. The van der Waals surface area contributed by atoms with Crippen molar-refractivity contribution in [1.82, 2.24) is 9.80 Å². The fourth-order valence-corrected chi connectivity index (χ4v) is 4.45. The quantitative estimate of drug-likeness (QED) is 0.520. The lowest BCUT2D eigenvalue weighted by molar-refractivity contribution is 0.0596. The third-order valence-electron chi connectivity index (χ3n) is 6.08. The number of benzene rings is 3. The Bertz CT molecular complexity index is 976. The number of carbonyl (C=O) groups is 1. The van der Waals surface area contributed by atoms with Crippen LogP contribution in [0.15, 0.2) is 78.9 Å². The first-order valence-corrected chi connectivity index (χ1v) is 11.0. The molecule has 0 aromatic heterocycles. The Morgan fingerprint density at radius 1 is 0.844 bits per heavy atom. The molecule has 0 spiro atoms. The van der Waals surface area contributed by atoms with Gasteiger partial charge in [-0.1, -0.05) is 66.7 Å². The van der Waals surface area contributed by atoms with E-state index in [2.05, 4.69) is 70.5 Å². The van der Waals surface area contributed by atoms with Gasteiger partial charge in [0.15, 0.2) is 0 Å². The van der Waals surface area contributed by atoms with Crippen molar-refractivity contribution in [1.29, 1.82) is 0 Å². The predicted molar refractivity (Wildman–Crippen MR) is 126 cm³/mol. The number of esters is 1. The van der Waals surface area contributed by atoms with Crippen molar-refractivity contribution in [3.8, 4) is 5.75 Å². The summed E-state index contributed by atoms with van der Waals surface area (Å²) < 4.78 is 10.2. The first-order chi connectivity index (χ1) is 15.7. The second kappa shape index (κ2) is 10.4. The molecule has 4 rings (SSSR count). The summed E-state index contributed by atoms with van der Waals surface area (Å²) in [5, 5.41) is 0. The third kappa shape index (κ3) is 5.01. The van der Waals surface area contributed by atoms with E-state index >= 15 is 0 Å². The molecule has 5 heteroatoms. The summed E-state index contributed by atoms with van der Waals surface area (Å²) in [6.07, 6.45) is 0. The molecule has 32 heavy (non-hydrogen) atoms. The molecular weight excluding hydrogens is 400 g/mol. The van der Waals surface area contributed by atoms with Crippen LogP contribution in [0, 0.1) is 0 Å². The minimum Gasteiger partial charge on any atom is -0.496 e. The molecule has 1 heterocycles. The van der Waals surface area contributed by atoms with E-state index in [-0.39, 0.29) is 12.0 Å². The van der Waals surface area contributed by atoms with Crippen LogP contribution in [-0.4, -0.2) is 56.2 Å². The Morgan fingerprint density at radius 3 is 1.97 bits per heavy atom. The van der Waals surface area contributed by atoms with Gasteiger partial charge in [-0.15, -0.1) is 0 Å². The molecule has 3 aromatic carbocycles. The van der Waals surface area contributed by atoms with Gasteiger partial charge in [-0.3, -0.25) is 9.80 Å². The summed E-state index contributed by atoms with van der Waals surface area (Å²) in [7, 11) is 2.96. The van der Waals surface area contributed by atoms with Gasteiger partial charge in [-0.05, 0) is 28.8 Å². The summed E-state index contributed by atoms with van der Waals surface area (Å²) in [5.74, 6) is 0.168. The van der Waals surface area contributed by atoms with Gasteiger partial charge in [0.1, 0.15) is 11.3 Å². The van der Waals surface area contributed by atoms with E-state index in [1.165, 1.54) is 18.2 Å². The van der Waals surface area contributed by atoms with E-state index in [1.54, 1.807) is 7.11 Å². The Morgan fingerprint density at radius 2 is 1.44 bits per heavy atom. The van der Waals surface area contributed by atoms with Gasteiger partial charge in [-0.25, -0.2) is 4.79 Å². The number of piperazine rings is 1. The molecule has 0 bridgehead atoms. The van der Waals surface area contributed by atoms with Gasteiger partial charge in [0.2, 0.25) is 0 Å². The number of ether oxygens (including phenoxy) is 2. The standard InChI is InChI=1S/C27H30N2O3/c1-31-25-14-13-21(19-24(25)27(30)32-2)20-28-15-17-29(18-16-28)26(22-9-5-3-6-10-22)23-11-7-4-8-12-23/h3-14,19,26H,15-18,20H2,1-2H3. The van der Waals surface area contributed by atoms with Gasteiger partial charge in [0.25, 0.3) is 0 Å². The molecule has 1 aliphatic rings. The summed E-state index contributed by atoms with van der Waals surface area (Å²) in [6.45, 7) is 4.69. The van der Waals surface area contributed by atoms with Gasteiger partial charge in [0, 0.05) is 32.7 Å². The maximum Gasteiger partial charge on any atom is 0.341 e. The normalized spacial score (nSPS) is 15.0. The summed E-state index contributed by atoms with van der Waals surface area (Å²) in [6, 6.07) is 27.5. The highest BCUT2D eigenvalue weighted by molar-refractivity contribution is 5.92. The Kier molecular flexibility index (Phi) is 7.20. The van der Waals surface area contributed by atoms with Crippen molar-refractivity contribution in [3.63, 3.8) is 0 Å². The van der Waals surface area contributed by atoms with Gasteiger partial charge in [-0.2, -0.15) is 0 Å². The lowest BCUT2D eigenvalue weighted by atomic mass is 9.96. The zero-order valence-electron chi connectivity index (χ0n) is 18.7. The van der Waals surface area contributed by atoms with Crippen molar-refractivity contribution in [3.05, 3.63) is 101 Å². The SMILES string of the molecule is COC(=O)c1cc(CN2CCN(C(c3ccccc3)c3ccccc3)CC2)ccc1OC. The minimum atomic E-state index is -0.373. The lowest BCUT2D eigenvalue weighted by Crippen LogP contribution is -2.47. The number of hydrogen-bond acceptors (Lipinski definition) is 5. The monoisotopic (exact) mass is 430 g/mol. The molecule has 1 aliphatic heterocycles. The number of carbonyl (C=O) groups excluding carboxylic acids is 1. The zero-order valence-corrected chi connectivity index (χ0v) is 18.7. The van der Waals surface area contributed by atoms with Crippen LogP contribution in [0.4, 0.5) is 0 Å². The minimum absolute atomic E-state index is 0.256. The first kappa shape index (κ1) is 22.1. The molecule has 0 unspecified atom stereocenters. The second-order valence-corrected chi connectivity index (χ2v) is 8.06. The smallest absolute Gasteiger partial charge is 0.341 e. The molecule has 0 radical (unpaired) electrons. The molecule has 0 atom stereocenters. The molecule has 1 fully saturated rings. The van der Waals surface area contributed by atoms with Gasteiger partial charge in [0.05, 0.1) is 20.3 Å².